The molecule has 1 heterocycles. The predicted molar refractivity (Wildman–Crippen MR) is 87.2 cm³/mol. The summed E-state index contributed by atoms with van der Waals surface area (Å²) in [5.41, 5.74) is -1.57. The smallest absolute Gasteiger partial charge is 0.418 e. The minimum atomic E-state index is -4.69. The van der Waals surface area contributed by atoms with Gasteiger partial charge in [0, 0.05) is 22.7 Å². The van der Waals surface area contributed by atoms with Gasteiger partial charge in [0.05, 0.1) is 11.3 Å². The summed E-state index contributed by atoms with van der Waals surface area (Å²) in [5.74, 6) is -1.73. The quantitative estimate of drug-likeness (QED) is 0.618. The van der Waals surface area contributed by atoms with Crippen molar-refractivity contribution >= 4 is 46.6 Å². The number of halogens is 4. The molecule has 10 heteroatoms. The second-order valence-electron chi connectivity index (χ2n) is 4.55. The Labute approximate surface area is 149 Å². The Balaban J connectivity index is 1.93. The van der Waals surface area contributed by atoms with Gasteiger partial charge in [0.25, 0.3) is 5.91 Å². The monoisotopic (exact) mass is 390 g/mol. The molecule has 0 unspecified atom stereocenters. The van der Waals surface area contributed by atoms with Gasteiger partial charge in [0.1, 0.15) is 5.01 Å². The number of aromatic nitrogens is 1. The third-order valence-electron chi connectivity index (χ3n) is 2.72. The van der Waals surface area contributed by atoms with E-state index in [-0.39, 0.29) is 5.02 Å². The lowest BCUT2D eigenvalue weighted by Gasteiger charge is -2.14. The van der Waals surface area contributed by atoms with Gasteiger partial charge in [-0.25, -0.2) is 9.78 Å². The first-order valence-electron chi connectivity index (χ1n) is 6.66. The lowest BCUT2D eigenvalue weighted by Crippen LogP contribution is -2.22. The van der Waals surface area contributed by atoms with Gasteiger partial charge in [-0.3, -0.25) is 4.79 Å². The fourth-order valence-electron chi connectivity index (χ4n) is 1.69. The maximum Gasteiger partial charge on any atom is 0.418 e. The number of benzene rings is 1. The van der Waals surface area contributed by atoms with Crippen molar-refractivity contribution in [3.8, 4) is 0 Å². The summed E-state index contributed by atoms with van der Waals surface area (Å²) in [6.07, 6.45) is -0.685. The first-order valence-corrected chi connectivity index (χ1v) is 7.92. The van der Waals surface area contributed by atoms with Gasteiger partial charge in [0.2, 0.25) is 0 Å². The van der Waals surface area contributed by atoms with Crippen LogP contribution in [0.1, 0.15) is 10.6 Å². The first-order chi connectivity index (χ1) is 11.8. The maximum atomic E-state index is 12.9. The lowest BCUT2D eigenvalue weighted by atomic mass is 10.1. The summed E-state index contributed by atoms with van der Waals surface area (Å²) in [5, 5.41) is 4.20. The number of ether oxygens (including phenoxy) is 1. The Morgan fingerprint density at radius 3 is 2.76 bits per heavy atom. The number of hydrogen-bond acceptors (Lipinski definition) is 5. The van der Waals surface area contributed by atoms with Crippen LogP contribution in [0.2, 0.25) is 5.02 Å². The number of anilines is 1. The highest BCUT2D eigenvalue weighted by atomic mass is 35.5. The number of nitrogens with one attached hydrogen (secondary N) is 1. The Bertz CT molecular complexity index is 792. The molecule has 0 fully saturated rings. The van der Waals surface area contributed by atoms with E-state index in [1.165, 1.54) is 23.5 Å². The Morgan fingerprint density at radius 2 is 2.12 bits per heavy atom. The highest BCUT2D eigenvalue weighted by molar-refractivity contribution is 7.10. The summed E-state index contributed by atoms with van der Waals surface area (Å²) in [7, 11) is 0. The normalized spacial score (nSPS) is 11.5. The zero-order valence-electron chi connectivity index (χ0n) is 12.3. The van der Waals surface area contributed by atoms with Crippen molar-refractivity contribution in [1.29, 1.82) is 0 Å². The van der Waals surface area contributed by atoms with Crippen molar-refractivity contribution in [2.24, 2.45) is 0 Å². The third-order valence-corrected chi connectivity index (χ3v) is 3.70. The molecule has 1 aromatic heterocycles. The summed E-state index contributed by atoms with van der Waals surface area (Å²) in [6.45, 7) is -0.735. The van der Waals surface area contributed by atoms with Gasteiger partial charge in [-0.05, 0) is 24.3 Å². The van der Waals surface area contributed by atoms with E-state index in [4.69, 9.17) is 11.6 Å². The van der Waals surface area contributed by atoms with Gasteiger partial charge in [-0.2, -0.15) is 13.2 Å². The summed E-state index contributed by atoms with van der Waals surface area (Å²) >= 11 is 6.84. The number of carbonyl (C=O) groups excluding carboxylic acids is 2. The lowest BCUT2D eigenvalue weighted by molar-refractivity contribution is -0.142. The van der Waals surface area contributed by atoms with Crippen LogP contribution in [0.5, 0.6) is 0 Å². The standard InChI is InChI=1S/C15H10ClF3N2O3S/c16-9-1-2-11(10(7-9)15(17,18)19)21-12(22)8-24-14(23)4-3-13-20-5-6-25-13/h1-7H,8H2,(H,21,22). The average molecular weight is 391 g/mol. The van der Waals surface area contributed by atoms with Crippen molar-refractivity contribution in [1.82, 2.24) is 4.98 Å². The van der Waals surface area contributed by atoms with Crippen molar-refractivity contribution in [2.75, 3.05) is 11.9 Å². The molecule has 0 aliphatic carbocycles. The molecule has 1 aromatic carbocycles. The van der Waals surface area contributed by atoms with Crippen LogP contribution in [-0.2, 0) is 20.5 Å². The minimum Gasteiger partial charge on any atom is -0.452 e. The van der Waals surface area contributed by atoms with Gasteiger partial charge in [-0.15, -0.1) is 11.3 Å². The van der Waals surface area contributed by atoms with Crippen LogP contribution in [-0.4, -0.2) is 23.5 Å². The zero-order valence-corrected chi connectivity index (χ0v) is 13.9. The second-order valence-corrected chi connectivity index (χ2v) is 5.91. The van der Waals surface area contributed by atoms with Crippen molar-refractivity contribution in [3.63, 3.8) is 0 Å². The number of esters is 1. The second kappa shape index (κ2) is 8.13. The maximum absolute atomic E-state index is 12.9. The molecule has 0 radical (unpaired) electrons. The molecule has 0 aliphatic heterocycles. The number of hydrogen-bond donors (Lipinski definition) is 1. The zero-order chi connectivity index (χ0) is 18.4. The summed E-state index contributed by atoms with van der Waals surface area (Å²) < 4.78 is 43.4. The van der Waals surface area contributed by atoms with Crippen LogP contribution < -0.4 is 5.32 Å². The number of alkyl halides is 3. The van der Waals surface area contributed by atoms with E-state index in [0.717, 1.165) is 12.1 Å². The highest BCUT2D eigenvalue weighted by Gasteiger charge is 2.34. The predicted octanol–water partition coefficient (Wildman–Crippen LogP) is 4.01. The Kier molecular flexibility index (Phi) is 6.16. The largest absolute Gasteiger partial charge is 0.452 e. The minimum absolute atomic E-state index is 0.121. The van der Waals surface area contributed by atoms with Crippen LogP contribution in [0.4, 0.5) is 18.9 Å². The van der Waals surface area contributed by atoms with Crippen LogP contribution in [0, 0.1) is 0 Å². The molecule has 2 aromatic rings. The Morgan fingerprint density at radius 1 is 1.36 bits per heavy atom. The summed E-state index contributed by atoms with van der Waals surface area (Å²) in [4.78, 5) is 27.1. The van der Waals surface area contributed by atoms with E-state index in [0.29, 0.717) is 11.1 Å². The fraction of sp³-hybridized carbons (Fsp3) is 0.133. The van der Waals surface area contributed by atoms with E-state index in [1.807, 2.05) is 5.32 Å². The molecule has 132 valence electrons. The van der Waals surface area contributed by atoms with Crippen molar-refractivity contribution in [3.05, 3.63) is 51.4 Å². The molecule has 1 amide bonds. The number of carbonyl (C=O) groups is 2. The average Bonchev–Trinajstić information content (AvgIpc) is 3.05. The Hall–Kier alpha value is -2.39. The summed E-state index contributed by atoms with van der Waals surface area (Å²) in [6, 6.07) is 2.92. The SMILES string of the molecule is O=C(COC(=O)C=Cc1nccs1)Nc1ccc(Cl)cc1C(F)(F)F. The first kappa shape index (κ1) is 18.9. The van der Waals surface area contributed by atoms with Gasteiger partial charge >= 0.3 is 12.1 Å². The molecule has 2 rings (SSSR count). The van der Waals surface area contributed by atoms with E-state index in [2.05, 4.69) is 9.72 Å². The molecular weight excluding hydrogens is 381 g/mol. The number of amides is 1. The van der Waals surface area contributed by atoms with Crippen LogP contribution in [0.3, 0.4) is 0 Å². The third kappa shape index (κ3) is 5.87. The molecular formula is C15H10ClF3N2O3S. The molecule has 0 aliphatic rings. The number of rotatable bonds is 5. The highest BCUT2D eigenvalue weighted by Crippen LogP contribution is 2.36. The van der Waals surface area contributed by atoms with Crippen molar-refractivity contribution in [2.45, 2.75) is 6.18 Å². The molecule has 0 saturated heterocycles. The van der Waals surface area contributed by atoms with Gasteiger partial charge in [-0.1, -0.05) is 11.6 Å². The van der Waals surface area contributed by atoms with Gasteiger partial charge in [0.15, 0.2) is 6.61 Å². The molecule has 0 atom stereocenters. The van der Waals surface area contributed by atoms with E-state index in [9.17, 15) is 22.8 Å². The van der Waals surface area contributed by atoms with Crippen molar-refractivity contribution < 1.29 is 27.5 Å². The molecule has 0 bridgehead atoms. The van der Waals surface area contributed by atoms with Crippen LogP contribution >= 0.6 is 22.9 Å². The van der Waals surface area contributed by atoms with Crippen LogP contribution in [0.25, 0.3) is 6.08 Å². The molecule has 0 spiro atoms. The fourth-order valence-corrected chi connectivity index (χ4v) is 2.39. The topological polar surface area (TPSA) is 68.3 Å². The van der Waals surface area contributed by atoms with E-state index in [1.54, 1.807) is 11.6 Å². The number of thiazole rings is 1. The molecule has 5 nitrogen and oxygen atoms in total. The number of nitrogens with zero attached hydrogens (tertiary/aromatic N) is 1. The molecule has 1 N–H and O–H groups in total. The van der Waals surface area contributed by atoms with Gasteiger partial charge < -0.3 is 10.1 Å². The molecule has 25 heavy (non-hydrogen) atoms. The van der Waals surface area contributed by atoms with Crippen LogP contribution in [0.15, 0.2) is 35.9 Å². The van der Waals surface area contributed by atoms with E-state index < -0.39 is 35.9 Å². The molecule has 0 saturated carbocycles. The van der Waals surface area contributed by atoms with E-state index >= 15 is 0 Å².